The number of rotatable bonds is 7. The summed E-state index contributed by atoms with van der Waals surface area (Å²) < 4.78 is 46.2. The van der Waals surface area contributed by atoms with Crippen LogP contribution in [0.1, 0.15) is 25.5 Å². The molecule has 10 heteroatoms. The normalized spacial score (nSPS) is 13.4. The Hall–Kier alpha value is -3.56. The molecule has 170 valence electrons. The van der Waals surface area contributed by atoms with Gasteiger partial charge in [0, 0.05) is 30.7 Å². The van der Waals surface area contributed by atoms with Gasteiger partial charge in [-0.2, -0.15) is 13.2 Å². The standard InChI is InChI=1S/C22H24F3N5O2/c1-5-18(22(23,24)25)28-21(31)30(6-2)14(3)15-8-7-9-16(12-15)17-13-29-11-10-26-19(29)20(27-17)32-4/h5,7-14,18H,1,6H2,2-4H3,(H,28,31)/t14-,18?/m1/s1. The molecular weight excluding hydrogens is 423 g/mol. The van der Waals surface area contributed by atoms with Gasteiger partial charge in [0.25, 0.3) is 5.88 Å². The number of urea groups is 1. The van der Waals surface area contributed by atoms with E-state index in [-0.39, 0.29) is 6.54 Å². The summed E-state index contributed by atoms with van der Waals surface area (Å²) >= 11 is 0. The maximum Gasteiger partial charge on any atom is 0.412 e. The predicted molar refractivity (Wildman–Crippen MR) is 114 cm³/mol. The van der Waals surface area contributed by atoms with Crippen LogP contribution in [0.5, 0.6) is 5.88 Å². The van der Waals surface area contributed by atoms with Crippen LogP contribution in [0.4, 0.5) is 18.0 Å². The number of alkyl halides is 3. The van der Waals surface area contributed by atoms with Gasteiger partial charge in [0.1, 0.15) is 6.04 Å². The Morgan fingerprint density at radius 3 is 2.78 bits per heavy atom. The van der Waals surface area contributed by atoms with Gasteiger partial charge in [0.05, 0.1) is 18.8 Å². The van der Waals surface area contributed by atoms with Crippen LogP contribution >= 0.6 is 0 Å². The minimum Gasteiger partial charge on any atom is -0.478 e. The molecule has 1 aromatic carbocycles. The zero-order chi connectivity index (χ0) is 23.5. The van der Waals surface area contributed by atoms with Gasteiger partial charge in [0.2, 0.25) is 0 Å². The maximum atomic E-state index is 13.0. The summed E-state index contributed by atoms with van der Waals surface area (Å²) in [6, 6.07) is 3.88. The Kier molecular flexibility index (Phi) is 6.71. The molecule has 2 aromatic heterocycles. The van der Waals surface area contributed by atoms with Crippen LogP contribution in [0.25, 0.3) is 16.9 Å². The zero-order valence-electron chi connectivity index (χ0n) is 17.9. The molecule has 1 N–H and O–H groups in total. The Labute approximate surface area is 183 Å². The number of hydrogen-bond acceptors (Lipinski definition) is 4. The van der Waals surface area contributed by atoms with E-state index < -0.39 is 24.3 Å². The predicted octanol–water partition coefficient (Wildman–Crippen LogP) is 4.61. The third-order valence-corrected chi connectivity index (χ3v) is 5.14. The van der Waals surface area contributed by atoms with Gasteiger partial charge in [-0.15, -0.1) is 6.58 Å². The average Bonchev–Trinajstić information content (AvgIpc) is 3.25. The van der Waals surface area contributed by atoms with Crippen molar-refractivity contribution < 1.29 is 22.7 Å². The first-order chi connectivity index (χ1) is 15.2. The molecule has 3 rings (SSSR count). The fraction of sp³-hybridized carbons (Fsp3) is 0.318. The van der Waals surface area contributed by atoms with E-state index in [1.807, 2.05) is 23.5 Å². The summed E-state index contributed by atoms with van der Waals surface area (Å²) in [4.78, 5) is 22.6. The molecule has 7 nitrogen and oxygen atoms in total. The van der Waals surface area contributed by atoms with Crippen LogP contribution in [0.2, 0.25) is 0 Å². The monoisotopic (exact) mass is 447 g/mol. The number of amides is 2. The van der Waals surface area contributed by atoms with E-state index in [2.05, 4.69) is 16.5 Å². The van der Waals surface area contributed by atoms with Crippen LogP contribution in [-0.2, 0) is 0 Å². The number of benzene rings is 1. The maximum absolute atomic E-state index is 13.0. The van der Waals surface area contributed by atoms with E-state index >= 15 is 0 Å². The molecular formula is C22H24F3N5O2. The second-order valence-electron chi connectivity index (χ2n) is 7.09. The molecule has 0 aliphatic carbocycles. The Balaban J connectivity index is 1.89. The smallest absolute Gasteiger partial charge is 0.412 e. The largest absolute Gasteiger partial charge is 0.478 e. The molecule has 0 spiro atoms. The number of nitrogens with zero attached hydrogens (tertiary/aromatic N) is 4. The van der Waals surface area contributed by atoms with Crippen molar-refractivity contribution >= 4 is 11.7 Å². The van der Waals surface area contributed by atoms with Crippen LogP contribution < -0.4 is 10.1 Å². The van der Waals surface area contributed by atoms with Gasteiger partial charge in [-0.05, 0) is 25.5 Å². The first-order valence-electron chi connectivity index (χ1n) is 9.94. The fourth-order valence-corrected chi connectivity index (χ4v) is 3.40. The number of carbonyl (C=O) groups is 1. The van der Waals surface area contributed by atoms with Gasteiger partial charge >= 0.3 is 12.2 Å². The quantitative estimate of drug-likeness (QED) is 0.537. The number of nitrogens with one attached hydrogen (secondary N) is 1. The topological polar surface area (TPSA) is 71.8 Å². The van der Waals surface area contributed by atoms with Crippen molar-refractivity contribution in [2.45, 2.75) is 32.1 Å². The molecule has 0 saturated heterocycles. The van der Waals surface area contributed by atoms with Crippen molar-refractivity contribution in [3.63, 3.8) is 0 Å². The number of aromatic nitrogens is 3. The summed E-state index contributed by atoms with van der Waals surface area (Å²) in [7, 11) is 1.51. The molecule has 2 heterocycles. The number of carbonyl (C=O) groups excluding carboxylic acids is 1. The molecule has 3 aromatic rings. The fourth-order valence-electron chi connectivity index (χ4n) is 3.40. The van der Waals surface area contributed by atoms with Crippen molar-refractivity contribution in [3.8, 4) is 17.1 Å². The highest BCUT2D eigenvalue weighted by molar-refractivity contribution is 5.75. The summed E-state index contributed by atoms with van der Waals surface area (Å²) in [5.41, 5.74) is 2.71. The molecule has 2 atom stereocenters. The van der Waals surface area contributed by atoms with E-state index in [1.165, 1.54) is 12.0 Å². The second-order valence-corrected chi connectivity index (χ2v) is 7.09. The first kappa shape index (κ1) is 23.1. The van der Waals surface area contributed by atoms with Crippen molar-refractivity contribution in [2.24, 2.45) is 0 Å². The number of ether oxygens (including phenoxy) is 1. The van der Waals surface area contributed by atoms with E-state index in [1.54, 1.807) is 42.9 Å². The average molecular weight is 447 g/mol. The minimum atomic E-state index is -4.61. The van der Waals surface area contributed by atoms with Crippen molar-refractivity contribution in [1.82, 2.24) is 24.6 Å². The lowest BCUT2D eigenvalue weighted by Gasteiger charge is -2.30. The highest BCUT2D eigenvalue weighted by Gasteiger charge is 2.39. The van der Waals surface area contributed by atoms with Gasteiger partial charge in [-0.25, -0.2) is 14.8 Å². The third-order valence-electron chi connectivity index (χ3n) is 5.14. The van der Waals surface area contributed by atoms with Crippen LogP contribution in [0.3, 0.4) is 0 Å². The van der Waals surface area contributed by atoms with E-state index in [9.17, 15) is 18.0 Å². The molecule has 0 fully saturated rings. The first-order valence-corrected chi connectivity index (χ1v) is 9.94. The summed E-state index contributed by atoms with van der Waals surface area (Å²) in [6.07, 6.45) is 1.27. The number of hydrogen-bond donors (Lipinski definition) is 1. The molecule has 1 unspecified atom stereocenters. The molecule has 0 aliphatic rings. The lowest BCUT2D eigenvalue weighted by atomic mass is 10.0. The number of methoxy groups -OCH3 is 1. The highest BCUT2D eigenvalue weighted by Crippen LogP contribution is 2.28. The zero-order valence-corrected chi connectivity index (χ0v) is 17.9. The van der Waals surface area contributed by atoms with Gasteiger partial charge in [-0.3, -0.25) is 0 Å². The molecule has 32 heavy (non-hydrogen) atoms. The van der Waals surface area contributed by atoms with E-state index in [0.29, 0.717) is 23.3 Å². The number of halogens is 3. The molecule has 2 amide bonds. The Morgan fingerprint density at radius 2 is 2.16 bits per heavy atom. The van der Waals surface area contributed by atoms with Gasteiger partial charge < -0.3 is 19.4 Å². The Bertz CT molecular complexity index is 1110. The SMILES string of the molecule is C=CC(NC(=O)N(CC)[C@H](C)c1cccc(-c2cn3ccnc3c(OC)n2)c1)C(F)(F)F. The van der Waals surface area contributed by atoms with Crippen LogP contribution in [0.15, 0.2) is 55.5 Å². The van der Waals surface area contributed by atoms with E-state index in [4.69, 9.17) is 4.74 Å². The molecule has 0 aliphatic heterocycles. The highest BCUT2D eigenvalue weighted by atomic mass is 19.4. The van der Waals surface area contributed by atoms with Crippen LogP contribution in [-0.4, -0.2) is 51.2 Å². The molecule has 0 bridgehead atoms. The lowest BCUT2D eigenvalue weighted by Crippen LogP contribution is -2.50. The molecule has 0 radical (unpaired) electrons. The summed E-state index contributed by atoms with van der Waals surface area (Å²) in [5.74, 6) is 0.364. The minimum absolute atomic E-state index is 0.214. The van der Waals surface area contributed by atoms with Crippen molar-refractivity contribution in [1.29, 1.82) is 0 Å². The summed E-state index contributed by atoms with van der Waals surface area (Å²) in [6.45, 7) is 6.84. The van der Waals surface area contributed by atoms with E-state index in [0.717, 1.165) is 11.1 Å². The Morgan fingerprint density at radius 1 is 1.41 bits per heavy atom. The third kappa shape index (κ3) is 4.68. The molecule has 0 saturated carbocycles. The van der Waals surface area contributed by atoms with Gasteiger partial charge in [-0.1, -0.05) is 24.3 Å². The number of fused-ring (bicyclic) bond motifs is 1. The van der Waals surface area contributed by atoms with Crippen molar-refractivity contribution in [3.05, 3.63) is 61.1 Å². The van der Waals surface area contributed by atoms with Gasteiger partial charge in [0.15, 0.2) is 5.65 Å². The number of imidazole rings is 1. The van der Waals surface area contributed by atoms with Crippen molar-refractivity contribution in [2.75, 3.05) is 13.7 Å². The van der Waals surface area contributed by atoms with Crippen LogP contribution in [0, 0.1) is 0 Å². The summed E-state index contributed by atoms with van der Waals surface area (Å²) in [5, 5.41) is 1.99. The second kappa shape index (κ2) is 9.29. The lowest BCUT2D eigenvalue weighted by molar-refractivity contribution is -0.142.